The van der Waals surface area contributed by atoms with E-state index in [1.807, 2.05) is 30.1 Å². The summed E-state index contributed by atoms with van der Waals surface area (Å²) in [6.07, 6.45) is 3.08. The molecule has 1 aliphatic rings. The molecule has 1 aromatic heterocycles. The van der Waals surface area contributed by atoms with E-state index in [0.29, 0.717) is 17.8 Å². The Morgan fingerprint density at radius 1 is 1.17 bits per heavy atom. The molecule has 2 heterocycles. The SMILES string of the molecule is CCC(C)n1c(SCC(=O)N(C)C2CCN(C(C)C)CC2)nnc1-c1ccccc1. The van der Waals surface area contributed by atoms with Gasteiger partial charge in [-0.15, -0.1) is 10.2 Å². The van der Waals surface area contributed by atoms with Crippen LogP contribution in [-0.2, 0) is 4.79 Å². The first kappa shape index (κ1) is 22.8. The van der Waals surface area contributed by atoms with E-state index in [2.05, 4.69) is 59.5 Å². The van der Waals surface area contributed by atoms with E-state index in [9.17, 15) is 4.79 Å². The Labute approximate surface area is 185 Å². The molecule has 164 valence electrons. The van der Waals surface area contributed by atoms with Gasteiger partial charge in [-0.25, -0.2) is 0 Å². The highest BCUT2D eigenvalue weighted by Crippen LogP contribution is 2.29. The highest BCUT2D eigenvalue weighted by molar-refractivity contribution is 7.99. The third kappa shape index (κ3) is 5.24. The van der Waals surface area contributed by atoms with E-state index < -0.39 is 0 Å². The molecule has 0 spiro atoms. The second kappa shape index (κ2) is 10.4. The summed E-state index contributed by atoms with van der Waals surface area (Å²) in [5.74, 6) is 1.43. The number of carbonyl (C=O) groups is 1. The molecule has 1 aromatic carbocycles. The number of likely N-dealkylation sites (tertiary alicyclic amines) is 1. The maximum absolute atomic E-state index is 12.9. The van der Waals surface area contributed by atoms with E-state index in [-0.39, 0.29) is 11.9 Å². The molecule has 7 heteroatoms. The number of aromatic nitrogens is 3. The normalized spacial score (nSPS) is 16.7. The first-order valence-corrected chi connectivity index (χ1v) is 12.0. The lowest BCUT2D eigenvalue weighted by Crippen LogP contribution is -2.47. The molecule has 30 heavy (non-hydrogen) atoms. The van der Waals surface area contributed by atoms with Gasteiger partial charge in [-0.2, -0.15) is 0 Å². The quantitative estimate of drug-likeness (QED) is 0.584. The van der Waals surface area contributed by atoms with Crippen LogP contribution in [0.2, 0.25) is 0 Å². The smallest absolute Gasteiger partial charge is 0.233 e. The predicted octanol–water partition coefficient (Wildman–Crippen LogP) is 4.34. The lowest BCUT2D eigenvalue weighted by molar-refractivity contribution is -0.130. The van der Waals surface area contributed by atoms with E-state index in [1.165, 1.54) is 11.8 Å². The fourth-order valence-corrected chi connectivity index (χ4v) is 4.92. The van der Waals surface area contributed by atoms with Crippen molar-refractivity contribution < 1.29 is 4.79 Å². The number of carbonyl (C=O) groups excluding carboxylic acids is 1. The number of nitrogens with zero attached hydrogens (tertiary/aromatic N) is 5. The summed E-state index contributed by atoms with van der Waals surface area (Å²) in [7, 11) is 1.95. The van der Waals surface area contributed by atoms with Crippen molar-refractivity contribution in [2.75, 3.05) is 25.9 Å². The topological polar surface area (TPSA) is 54.3 Å². The summed E-state index contributed by atoms with van der Waals surface area (Å²) < 4.78 is 2.18. The van der Waals surface area contributed by atoms with Crippen molar-refractivity contribution in [2.24, 2.45) is 0 Å². The number of rotatable bonds is 8. The first-order chi connectivity index (χ1) is 14.4. The monoisotopic (exact) mass is 429 g/mol. The maximum atomic E-state index is 12.9. The summed E-state index contributed by atoms with van der Waals surface area (Å²) in [4.78, 5) is 17.3. The van der Waals surface area contributed by atoms with Gasteiger partial charge in [0.15, 0.2) is 11.0 Å². The van der Waals surface area contributed by atoms with Gasteiger partial charge in [0, 0.05) is 43.8 Å². The molecule has 3 rings (SSSR count). The zero-order valence-electron chi connectivity index (χ0n) is 18.9. The second-order valence-corrected chi connectivity index (χ2v) is 9.40. The molecule has 0 bridgehead atoms. The molecule has 1 amide bonds. The molecular formula is C23H35N5OS. The molecule has 0 N–H and O–H groups in total. The number of hydrogen-bond donors (Lipinski definition) is 0. The number of thioether (sulfide) groups is 1. The number of amides is 1. The molecule has 1 saturated heterocycles. The average molecular weight is 430 g/mol. The molecule has 6 nitrogen and oxygen atoms in total. The van der Waals surface area contributed by atoms with Gasteiger partial charge in [0.05, 0.1) is 5.75 Å². The van der Waals surface area contributed by atoms with Crippen LogP contribution in [0, 0.1) is 0 Å². The van der Waals surface area contributed by atoms with Crippen molar-refractivity contribution in [3.63, 3.8) is 0 Å². The lowest BCUT2D eigenvalue weighted by atomic mass is 10.0. The molecule has 1 atom stereocenters. The minimum absolute atomic E-state index is 0.169. The fourth-order valence-electron chi connectivity index (χ4n) is 3.96. The van der Waals surface area contributed by atoms with Gasteiger partial charge >= 0.3 is 0 Å². The standard InChI is InChI=1S/C23H35N5OS/c1-6-18(4)28-22(19-10-8-7-9-11-19)24-25-23(28)30-16-21(29)26(5)20-12-14-27(15-13-20)17(2)3/h7-11,17-18,20H,6,12-16H2,1-5H3. The van der Waals surface area contributed by atoms with Crippen molar-refractivity contribution in [2.45, 2.75) is 70.2 Å². The van der Waals surface area contributed by atoms with Gasteiger partial charge in [0.1, 0.15) is 0 Å². The molecule has 2 aromatic rings. The van der Waals surface area contributed by atoms with Crippen LogP contribution in [0.5, 0.6) is 0 Å². The predicted molar refractivity (Wildman–Crippen MR) is 124 cm³/mol. The van der Waals surface area contributed by atoms with E-state index in [1.54, 1.807) is 0 Å². The summed E-state index contributed by atoms with van der Waals surface area (Å²) in [5.41, 5.74) is 1.05. The van der Waals surface area contributed by atoms with E-state index >= 15 is 0 Å². The average Bonchev–Trinajstić information content (AvgIpc) is 3.21. The van der Waals surface area contributed by atoms with Crippen LogP contribution in [0.25, 0.3) is 11.4 Å². The molecule has 1 unspecified atom stereocenters. The van der Waals surface area contributed by atoms with Crippen LogP contribution >= 0.6 is 11.8 Å². The molecule has 1 aliphatic heterocycles. The first-order valence-electron chi connectivity index (χ1n) is 11.0. The van der Waals surface area contributed by atoms with E-state index in [4.69, 9.17) is 0 Å². The van der Waals surface area contributed by atoms with Crippen LogP contribution in [0.15, 0.2) is 35.5 Å². The van der Waals surface area contributed by atoms with Crippen molar-refractivity contribution >= 4 is 17.7 Å². The number of piperidine rings is 1. The molecule has 0 saturated carbocycles. The third-order valence-electron chi connectivity index (χ3n) is 6.22. The lowest BCUT2D eigenvalue weighted by Gasteiger charge is -2.38. The van der Waals surface area contributed by atoms with Crippen LogP contribution in [0.1, 0.15) is 53.0 Å². The van der Waals surface area contributed by atoms with Gasteiger partial charge in [-0.3, -0.25) is 9.36 Å². The van der Waals surface area contributed by atoms with Crippen LogP contribution in [-0.4, -0.2) is 68.4 Å². The minimum Gasteiger partial charge on any atom is -0.342 e. The summed E-state index contributed by atoms with van der Waals surface area (Å²) in [5, 5.41) is 9.71. The zero-order valence-corrected chi connectivity index (χ0v) is 19.7. The largest absolute Gasteiger partial charge is 0.342 e. The van der Waals surface area contributed by atoms with Crippen molar-refractivity contribution in [3.05, 3.63) is 30.3 Å². The Kier molecular flexibility index (Phi) is 7.94. The minimum atomic E-state index is 0.169. The zero-order chi connectivity index (χ0) is 21.7. The highest BCUT2D eigenvalue weighted by atomic mass is 32.2. The van der Waals surface area contributed by atoms with Gasteiger partial charge in [-0.1, -0.05) is 49.0 Å². The Morgan fingerprint density at radius 3 is 2.43 bits per heavy atom. The van der Waals surface area contributed by atoms with Crippen molar-refractivity contribution in [1.82, 2.24) is 24.6 Å². The molecular weight excluding hydrogens is 394 g/mol. The number of benzene rings is 1. The van der Waals surface area contributed by atoms with Crippen LogP contribution in [0.4, 0.5) is 0 Å². The summed E-state index contributed by atoms with van der Waals surface area (Å²) in [6, 6.07) is 11.3. The maximum Gasteiger partial charge on any atom is 0.233 e. The second-order valence-electron chi connectivity index (χ2n) is 8.45. The Hall–Kier alpha value is -1.86. The van der Waals surface area contributed by atoms with Crippen molar-refractivity contribution in [1.29, 1.82) is 0 Å². The Morgan fingerprint density at radius 2 is 1.83 bits per heavy atom. The van der Waals surface area contributed by atoms with Crippen LogP contribution < -0.4 is 0 Å². The summed E-state index contributed by atoms with van der Waals surface area (Å²) >= 11 is 1.50. The van der Waals surface area contributed by atoms with Crippen molar-refractivity contribution in [3.8, 4) is 11.4 Å². The third-order valence-corrected chi connectivity index (χ3v) is 7.15. The van der Waals surface area contributed by atoms with Gasteiger partial charge in [0.25, 0.3) is 0 Å². The molecule has 1 fully saturated rings. The highest BCUT2D eigenvalue weighted by Gasteiger charge is 2.27. The summed E-state index contributed by atoms with van der Waals surface area (Å²) in [6.45, 7) is 10.9. The number of hydrogen-bond acceptors (Lipinski definition) is 5. The molecule has 0 radical (unpaired) electrons. The van der Waals surface area contributed by atoms with Gasteiger partial charge < -0.3 is 9.80 Å². The Bertz CT molecular complexity index is 814. The van der Waals surface area contributed by atoms with E-state index in [0.717, 1.165) is 48.9 Å². The molecule has 0 aliphatic carbocycles. The van der Waals surface area contributed by atoms with Gasteiger partial charge in [0.2, 0.25) is 5.91 Å². The Balaban J connectivity index is 1.65. The van der Waals surface area contributed by atoms with Crippen LogP contribution in [0.3, 0.4) is 0 Å². The van der Waals surface area contributed by atoms with Gasteiger partial charge in [-0.05, 0) is 40.0 Å². The fraction of sp³-hybridized carbons (Fsp3) is 0.609.